The van der Waals surface area contributed by atoms with Gasteiger partial charge in [0.1, 0.15) is 6.04 Å². The van der Waals surface area contributed by atoms with Crippen LogP contribution >= 0.6 is 0 Å². The van der Waals surface area contributed by atoms with Crippen molar-refractivity contribution in [2.45, 2.75) is 25.3 Å². The number of carbonyl (C=O) groups is 3. The third kappa shape index (κ3) is 2.50. The molecule has 2 heterocycles. The minimum atomic E-state index is -1.14. The average Bonchev–Trinajstić information content (AvgIpc) is 3.10. The van der Waals surface area contributed by atoms with E-state index in [1.54, 1.807) is 24.3 Å². The molecule has 0 saturated carbocycles. The van der Waals surface area contributed by atoms with Gasteiger partial charge < -0.3 is 9.84 Å². The highest BCUT2D eigenvalue weighted by atomic mass is 16.5. The third-order valence-electron chi connectivity index (χ3n) is 4.29. The highest BCUT2D eigenvalue weighted by molar-refractivity contribution is 6.22. The quantitative estimate of drug-likeness (QED) is 0.834. The van der Waals surface area contributed by atoms with E-state index in [4.69, 9.17) is 4.74 Å². The van der Waals surface area contributed by atoms with Crippen LogP contribution in [-0.4, -0.2) is 47.0 Å². The minimum absolute atomic E-state index is 0.259. The van der Waals surface area contributed by atoms with Gasteiger partial charge in [-0.25, -0.2) is 4.79 Å². The summed E-state index contributed by atoms with van der Waals surface area (Å²) in [7, 11) is 0. The average molecular weight is 303 g/mol. The maximum absolute atomic E-state index is 12.4. The molecule has 6 nitrogen and oxygen atoms in total. The van der Waals surface area contributed by atoms with Gasteiger partial charge in [0.05, 0.1) is 11.1 Å². The van der Waals surface area contributed by atoms with Crippen molar-refractivity contribution < 1.29 is 24.2 Å². The van der Waals surface area contributed by atoms with E-state index in [-0.39, 0.29) is 17.5 Å². The van der Waals surface area contributed by atoms with Crippen molar-refractivity contribution in [3.63, 3.8) is 0 Å². The Morgan fingerprint density at radius 3 is 2.41 bits per heavy atom. The van der Waals surface area contributed by atoms with Crippen molar-refractivity contribution in [3.8, 4) is 0 Å². The standard InChI is InChI=1S/C16H17NO5/c18-14-11-3-1-2-4-12(11)15(19)17(14)13(16(20)21)6-5-10-7-8-22-9-10/h1-4,10,13H,5-9H2,(H,20,21). The van der Waals surface area contributed by atoms with Crippen molar-refractivity contribution in [3.05, 3.63) is 35.4 Å². The molecule has 2 unspecified atom stereocenters. The van der Waals surface area contributed by atoms with Crippen LogP contribution in [0.5, 0.6) is 0 Å². The monoisotopic (exact) mass is 303 g/mol. The molecule has 1 aromatic carbocycles. The summed E-state index contributed by atoms with van der Waals surface area (Å²) >= 11 is 0. The van der Waals surface area contributed by atoms with E-state index in [1.807, 2.05) is 0 Å². The molecule has 0 aromatic heterocycles. The van der Waals surface area contributed by atoms with Gasteiger partial charge in [-0.15, -0.1) is 0 Å². The number of aliphatic carboxylic acids is 1. The number of rotatable bonds is 5. The maximum Gasteiger partial charge on any atom is 0.326 e. The van der Waals surface area contributed by atoms with E-state index < -0.39 is 23.8 Å². The van der Waals surface area contributed by atoms with Crippen LogP contribution in [0.1, 0.15) is 40.0 Å². The first-order valence-electron chi connectivity index (χ1n) is 7.37. The van der Waals surface area contributed by atoms with Crippen LogP contribution < -0.4 is 0 Å². The van der Waals surface area contributed by atoms with Crippen LogP contribution in [-0.2, 0) is 9.53 Å². The minimum Gasteiger partial charge on any atom is -0.480 e. The molecule has 2 amide bonds. The first-order chi connectivity index (χ1) is 10.6. The largest absolute Gasteiger partial charge is 0.480 e. The summed E-state index contributed by atoms with van der Waals surface area (Å²) in [4.78, 5) is 37.2. The smallest absolute Gasteiger partial charge is 0.326 e. The van der Waals surface area contributed by atoms with E-state index in [9.17, 15) is 19.5 Å². The molecule has 1 saturated heterocycles. The third-order valence-corrected chi connectivity index (χ3v) is 4.29. The summed E-state index contributed by atoms with van der Waals surface area (Å²) in [5.74, 6) is -1.88. The summed E-state index contributed by atoms with van der Waals surface area (Å²) in [6.07, 6.45) is 1.79. The van der Waals surface area contributed by atoms with Gasteiger partial charge in [0, 0.05) is 13.2 Å². The Bertz CT molecular complexity index is 586. The highest BCUT2D eigenvalue weighted by Gasteiger charge is 2.42. The molecule has 1 fully saturated rings. The van der Waals surface area contributed by atoms with Crippen LogP contribution in [0.15, 0.2) is 24.3 Å². The molecular weight excluding hydrogens is 286 g/mol. The Morgan fingerprint density at radius 1 is 1.27 bits per heavy atom. The topological polar surface area (TPSA) is 83.9 Å². The van der Waals surface area contributed by atoms with Gasteiger partial charge in [0.15, 0.2) is 0 Å². The lowest BCUT2D eigenvalue weighted by molar-refractivity contribution is -0.141. The van der Waals surface area contributed by atoms with Crippen molar-refractivity contribution >= 4 is 17.8 Å². The zero-order valence-corrected chi connectivity index (χ0v) is 12.0. The number of nitrogens with zero attached hydrogens (tertiary/aromatic N) is 1. The second-order valence-electron chi connectivity index (χ2n) is 5.69. The Morgan fingerprint density at radius 2 is 1.91 bits per heavy atom. The summed E-state index contributed by atoms with van der Waals surface area (Å²) < 4.78 is 5.27. The van der Waals surface area contributed by atoms with E-state index in [2.05, 4.69) is 0 Å². The second-order valence-corrected chi connectivity index (χ2v) is 5.69. The number of carboxylic acids is 1. The molecule has 1 aromatic rings. The molecule has 0 aliphatic carbocycles. The van der Waals surface area contributed by atoms with Gasteiger partial charge in [-0.05, 0) is 37.3 Å². The van der Waals surface area contributed by atoms with Crippen LogP contribution in [0.3, 0.4) is 0 Å². The lowest BCUT2D eigenvalue weighted by atomic mass is 9.98. The normalized spacial score (nSPS) is 22.0. The van der Waals surface area contributed by atoms with Gasteiger partial charge in [0.25, 0.3) is 11.8 Å². The van der Waals surface area contributed by atoms with Crippen LogP contribution in [0.2, 0.25) is 0 Å². The Labute approximate surface area is 127 Å². The molecule has 6 heteroatoms. The Balaban J connectivity index is 1.79. The molecule has 2 aliphatic heterocycles. The fraction of sp³-hybridized carbons (Fsp3) is 0.438. The van der Waals surface area contributed by atoms with E-state index >= 15 is 0 Å². The highest BCUT2D eigenvalue weighted by Crippen LogP contribution is 2.28. The first-order valence-corrected chi connectivity index (χ1v) is 7.37. The van der Waals surface area contributed by atoms with Gasteiger partial charge in [0.2, 0.25) is 0 Å². The predicted molar refractivity (Wildman–Crippen MR) is 76.5 cm³/mol. The SMILES string of the molecule is O=C(O)C(CCC1CCOC1)N1C(=O)c2ccccc2C1=O. The number of fused-ring (bicyclic) bond motifs is 1. The summed E-state index contributed by atoms with van der Waals surface area (Å²) in [5.41, 5.74) is 0.561. The molecule has 1 N–H and O–H groups in total. The molecule has 22 heavy (non-hydrogen) atoms. The summed E-state index contributed by atoms with van der Waals surface area (Å²) in [6.45, 7) is 1.31. The van der Waals surface area contributed by atoms with Crippen molar-refractivity contribution in [2.75, 3.05) is 13.2 Å². The fourth-order valence-corrected chi connectivity index (χ4v) is 3.06. The number of amides is 2. The molecule has 0 radical (unpaired) electrons. The Kier molecular flexibility index (Phi) is 3.94. The number of imide groups is 1. The molecule has 116 valence electrons. The number of carboxylic acid groups (broad SMARTS) is 1. The van der Waals surface area contributed by atoms with Crippen LogP contribution in [0.4, 0.5) is 0 Å². The molecule has 2 atom stereocenters. The van der Waals surface area contributed by atoms with Gasteiger partial charge in [-0.1, -0.05) is 12.1 Å². The van der Waals surface area contributed by atoms with E-state index in [0.29, 0.717) is 25.6 Å². The number of ether oxygens (including phenoxy) is 1. The summed E-state index contributed by atoms with van der Waals surface area (Å²) in [6, 6.07) is 5.32. The van der Waals surface area contributed by atoms with Crippen LogP contribution in [0.25, 0.3) is 0 Å². The molecule has 3 rings (SSSR count). The van der Waals surface area contributed by atoms with Gasteiger partial charge >= 0.3 is 5.97 Å². The Hall–Kier alpha value is -2.21. The fourth-order valence-electron chi connectivity index (χ4n) is 3.06. The summed E-state index contributed by atoms with van der Waals surface area (Å²) in [5, 5.41) is 9.44. The molecule has 2 aliphatic rings. The van der Waals surface area contributed by atoms with Crippen molar-refractivity contribution in [1.82, 2.24) is 4.90 Å². The van der Waals surface area contributed by atoms with Crippen molar-refractivity contribution in [1.29, 1.82) is 0 Å². The van der Waals surface area contributed by atoms with E-state index in [0.717, 1.165) is 11.3 Å². The zero-order valence-electron chi connectivity index (χ0n) is 12.0. The maximum atomic E-state index is 12.4. The number of hydrogen-bond acceptors (Lipinski definition) is 4. The molecular formula is C16H17NO5. The van der Waals surface area contributed by atoms with Gasteiger partial charge in [-0.2, -0.15) is 0 Å². The van der Waals surface area contributed by atoms with Gasteiger partial charge in [-0.3, -0.25) is 14.5 Å². The van der Waals surface area contributed by atoms with E-state index in [1.165, 1.54) is 0 Å². The lowest BCUT2D eigenvalue weighted by Gasteiger charge is -2.23. The predicted octanol–water partition coefficient (Wildman–Crippen LogP) is 1.55. The molecule has 0 spiro atoms. The number of benzene rings is 1. The number of carbonyl (C=O) groups excluding carboxylic acids is 2. The number of hydrogen-bond donors (Lipinski definition) is 1. The van der Waals surface area contributed by atoms with Crippen molar-refractivity contribution in [2.24, 2.45) is 5.92 Å². The van der Waals surface area contributed by atoms with Crippen LogP contribution in [0, 0.1) is 5.92 Å². The molecule has 0 bridgehead atoms. The first kappa shape index (κ1) is 14.7. The lowest BCUT2D eigenvalue weighted by Crippen LogP contribution is -2.45. The second kappa shape index (κ2) is 5.88. The zero-order chi connectivity index (χ0) is 15.7.